The van der Waals surface area contributed by atoms with Crippen molar-refractivity contribution in [3.05, 3.63) is 35.9 Å². The molecule has 0 radical (unpaired) electrons. The summed E-state index contributed by atoms with van der Waals surface area (Å²) in [6, 6.07) is 9.37. The van der Waals surface area contributed by atoms with Crippen molar-refractivity contribution in [2.45, 2.75) is 12.5 Å². The molecule has 0 amide bonds. The molecule has 1 saturated heterocycles. The van der Waals surface area contributed by atoms with Gasteiger partial charge in [-0.1, -0.05) is 30.3 Å². The Hall–Kier alpha value is -1.84. The lowest BCUT2D eigenvalue weighted by Crippen LogP contribution is -2.20. The molecule has 1 aromatic rings. The highest BCUT2D eigenvalue weighted by Crippen LogP contribution is 2.33. The Balaban J connectivity index is 2.13. The topological polar surface area (TPSA) is 52.6 Å². The molecule has 4 nitrogen and oxygen atoms in total. The second kappa shape index (κ2) is 4.35. The monoisotopic (exact) mass is 220 g/mol. The minimum absolute atomic E-state index is 0.335. The predicted molar refractivity (Wildman–Crippen MR) is 55.4 cm³/mol. The van der Waals surface area contributed by atoms with E-state index in [4.69, 9.17) is 4.74 Å². The fourth-order valence-corrected chi connectivity index (χ4v) is 1.79. The highest BCUT2D eigenvalue weighted by molar-refractivity contribution is 5.96. The summed E-state index contributed by atoms with van der Waals surface area (Å²) in [6.07, 6.45) is 0.0213. The summed E-state index contributed by atoms with van der Waals surface area (Å²) in [4.78, 5) is 22.7. The number of carbonyl (C=O) groups is 2. The van der Waals surface area contributed by atoms with Crippen LogP contribution in [0.2, 0.25) is 0 Å². The van der Waals surface area contributed by atoms with Gasteiger partial charge in [-0.15, -0.1) is 0 Å². The lowest BCUT2D eigenvalue weighted by Gasteiger charge is -2.07. The van der Waals surface area contributed by atoms with Gasteiger partial charge in [-0.05, 0) is 5.56 Å². The van der Waals surface area contributed by atoms with Crippen LogP contribution in [0.5, 0.6) is 0 Å². The lowest BCUT2D eigenvalue weighted by atomic mass is 10.0. The summed E-state index contributed by atoms with van der Waals surface area (Å²) < 4.78 is 9.69. The van der Waals surface area contributed by atoms with Crippen molar-refractivity contribution in [3.8, 4) is 0 Å². The average molecular weight is 220 g/mol. The third kappa shape index (κ3) is 1.91. The Morgan fingerprint density at radius 1 is 1.38 bits per heavy atom. The molecular weight excluding hydrogens is 208 g/mol. The predicted octanol–water partition coefficient (Wildman–Crippen LogP) is 1.46. The first kappa shape index (κ1) is 10.7. The van der Waals surface area contributed by atoms with Crippen LogP contribution < -0.4 is 0 Å². The van der Waals surface area contributed by atoms with Gasteiger partial charge >= 0.3 is 11.9 Å². The van der Waals surface area contributed by atoms with Crippen LogP contribution in [0.15, 0.2) is 30.3 Å². The molecule has 0 bridgehead atoms. The van der Waals surface area contributed by atoms with Crippen LogP contribution in [0.4, 0.5) is 0 Å². The van der Waals surface area contributed by atoms with Crippen molar-refractivity contribution in [3.63, 3.8) is 0 Å². The number of methoxy groups -OCH3 is 1. The molecule has 1 aliphatic heterocycles. The largest absolute Gasteiger partial charge is 0.468 e. The van der Waals surface area contributed by atoms with E-state index >= 15 is 0 Å². The van der Waals surface area contributed by atoms with Gasteiger partial charge in [-0.25, -0.2) is 0 Å². The summed E-state index contributed by atoms with van der Waals surface area (Å²) in [5.74, 6) is -1.81. The molecule has 1 fully saturated rings. The Labute approximate surface area is 93.2 Å². The number of esters is 2. The summed E-state index contributed by atoms with van der Waals surface area (Å²) in [6.45, 7) is 0. The van der Waals surface area contributed by atoms with Crippen molar-refractivity contribution < 1.29 is 19.1 Å². The van der Waals surface area contributed by atoms with E-state index in [0.717, 1.165) is 5.56 Å². The number of rotatable bonds is 2. The van der Waals surface area contributed by atoms with Gasteiger partial charge in [0.15, 0.2) is 5.92 Å². The third-order valence-corrected chi connectivity index (χ3v) is 2.65. The van der Waals surface area contributed by atoms with E-state index in [0.29, 0.717) is 6.42 Å². The van der Waals surface area contributed by atoms with Gasteiger partial charge in [0.1, 0.15) is 6.10 Å². The van der Waals surface area contributed by atoms with Crippen LogP contribution in [0.25, 0.3) is 0 Å². The molecule has 84 valence electrons. The number of cyclic esters (lactones) is 1. The molecule has 16 heavy (non-hydrogen) atoms. The minimum Gasteiger partial charge on any atom is -0.468 e. The Morgan fingerprint density at radius 3 is 2.69 bits per heavy atom. The molecule has 1 aromatic carbocycles. The van der Waals surface area contributed by atoms with Gasteiger partial charge in [0.2, 0.25) is 0 Å². The number of benzene rings is 1. The van der Waals surface area contributed by atoms with Crippen molar-refractivity contribution in [1.29, 1.82) is 0 Å². The summed E-state index contributed by atoms with van der Waals surface area (Å²) in [5, 5.41) is 0. The number of hydrogen-bond acceptors (Lipinski definition) is 4. The van der Waals surface area contributed by atoms with E-state index in [9.17, 15) is 9.59 Å². The molecule has 0 aliphatic carbocycles. The van der Waals surface area contributed by atoms with Crippen LogP contribution in [-0.4, -0.2) is 19.0 Å². The zero-order valence-electron chi connectivity index (χ0n) is 8.88. The molecule has 2 atom stereocenters. The van der Waals surface area contributed by atoms with E-state index in [1.807, 2.05) is 30.3 Å². The zero-order chi connectivity index (χ0) is 11.5. The maximum Gasteiger partial charge on any atom is 0.321 e. The van der Waals surface area contributed by atoms with Crippen LogP contribution in [0.1, 0.15) is 18.1 Å². The molecule has 0 saturated carbocycles. The fraction of sp³-hybridized carbons (Fsp3) is 0.333. The number of hydrogen-bond donors (Lipinski definition) is 0. The second-order valence-corrected chi connectivity index (χ2v) is 3.65. The van der Waals surface area contributed by atoms with E-state index in [-0.39, 0.29) is 6.10 Å². The molecule has 2 rings (SSSR count). The van der Waals surface area contributed by atoms with Gasteiger partial charge in [0, 0.05) is 6.42 Å². The highest BCUT2D eigenvalue weighted by Gasteiger charge is 2.40. The van der Waals surface area contributed by atoms with Crippen LogP contribution in [0, 0.1) is 5.92 Å². The van der Waals surface area contributed by atoms with Crippen molar-refractivity contribution in [2.24, 2.45) is 5.92 Å². The van der Waals surface area contributed by atoms with Gasteiger partial charge in [-0.2, -0.15) is 0 Å². The maximum atomic E-state index is 11.4. The second-order valence-electron chi connectivity index (χ2n) is 3.65. The summed E-state index contributed by atoms with van der Waals surface area (Å²) in [5.41, 5.74) is 0.905. The summed E-state index contributed by atoms with van der Waals surface area (Å²) in [7, 11) is 1.27. The van der Waals surface area contributed by atoms with Crippen molar-refractivity contribution in [2.75, 3.05) is 7.11 Å². The minimum atomic E-state index is -0.782. The first-order valence-electron chi connectivity index (χ1n) is 5.05. The number of carbonyl (C=O) groups excluding carboxylic acids is 2. The normalized spacial score (nSPS) is 23.9. The van der Waals surface area contributed by atoms with Crippen molar-refractivity contribution in [1.82, 2.24) is 0 Å². The van der Waals surface area contributed by atoms with Crippen molar-refractivity contribution >= 4 is 11.9 Å². The van der Waals surface area contributed by atoms with Gasteiger partial charge in [-0.3, -0.25) is 9.59 Å². The first-order valence-corrected chi connectivity index (χ1v) is 5.05. The van der Waals surface area contributed by atoms with Crippen LogP contribution >= 0.6 is 0 Å². The van der Waals surface area contributed by atoms with Gasteiger partial charge < -0.3 is 9.47 Å². The molecule has 1 aliphatic rings. The Morgan fingerprint density at radius 2 is 2.06 bits per heavy atom. The highest BCUT2D eigenvalue weighted by atomic mass is 16.6. The Kier molecular flexibility index (Phi) is 2.90. The zero-order valence-corrected chi connectivity index (χ0v) is 8.88. The maximum absolute atomic E-state index is 11.4. The van der Waals surface area contributed by atoms with E-state index in [1.165, 1.54) is 7.11 Å². The van der Waals surface area contributed by atoms with Gasteiger partial charge in [0.25, 0.3) is 0 Å². The molecule has 1 heterocycles. The molecule has 0 N–H and O–H groups in total. The average Bonchev–Trinajstić information content (AvgIpc) is 2.71. The van der Waals surface area contributed by atoms with E-state index < -0.39 is 17.9 Å². The van der Waals surface area contributed by atoms with Gasteiger partial charge in [0.05, 0.1) is 7.11 Å². The Bertz CT molecular complexity index is 399. The smallest absolute Gasteiger partial charge is 0.321 e. The molecule has 0 aromatic heterocycles. The quantitative estimate of drug-likeness (QED) is 0.559. The molecular formula is C12H12O4. The SMILES string of the molecule is COC(=O)C1CC(c2ccccc2)OC1=O. The molecule has 2 unspecified atom stereocenters. The van der Waals surface area contributed by atoms with E-state index in [2.05, 4.69) is 4.74 Å². The first-order chi connectivity index (χ1) is 7.72. The number of ether oxygens (including phenoxy) is 2. The molecule has 0 spiro atoms. The third-order valence-electron chi connectivity index (χ3n) is 2.65. The lowest BCUT2D eigenvalue weighted by molar-refractivity contribution is -0.154. The standard InChI is InChI=1S/C12H12O4/c1-15-11(13)9-7-10(16-12(9)14)8-5-3-2-4-6-8/h2-6,9-10H,7H2,1H3. The van der Waals surface area contributed by atoms with Crippen LogP contribution in [0.3, 0.4) is 0 Å². The summed E-state index contributed by atoms with van der Waals surface area (Å²) >= 11 is 0. The van der Waals surface area contributed by atoms with Crippen LogP contribution in [-0.2, 0) is 19.1 Å². The van der Waals surface area contributed by atoms with E-state index in [1.54, 1.807) is 0 Å². The molecule has 4 heteroatoms. The fourth-order valence-electron chi connectivity index (χ4n) is 1.79.